The molecule has 0 heterocycles. The molecule has 2 amide bonds. The van der Waals surface area contributed by atoms with Crippen LogP contribution in [0.1, 0.15) is 62.1 Å². The zero-order chi connectivity index (χ0) is 22.9. The van der Waals surface area contributed by atoms with Crippen molar-refractivity contribution < 1.29 is 14.3 Å². The van der Waals surface area contributed by atoms with E-state index in [0.717, 1.165) is 42.6 Å². The van der Waals surface area contributed by atoms with Crippen molar-refractivity contribution >= 4 is 11.8 Å². The van der Waals surface area contributed by atoms with Gasteiger partial charge in [-0.25, -0.2) is 0 Å². The number of hydrogen-bond donors (Lipinski definition) is 1. The molecule has 1 atom stereocenters. The summed E-state index contributed by atoms with van der Waals surface area (Å²) in [4.78, 5) is 28.1. The molecule has 1 N–H and O–H groups in total. The Bertz CT molecular complexity index is 888. The van der Waals surface area contributed by atoms with Gasteiger partial charge in [0.2, 0.25) is 11.8 Å². The van der Waals surface area contributed by atoms with Crippen molar-refractivity contribution in [2.75, 3.05) is 7.11 Å². The fourth-order valence-electron chi connectivity index (χ4n) is 4.27. The second-order valence-corrected chi connectivity index (χ2v) is 8.88. The quantitative estimate of drug-likeness (QED) is 0.614. The van der Waals surface area contributed by atoms with Crippen LogP contribution in [0.3, 0.4) is 0 Å². The standard InChI is InChI=1S/C27H36N2O3/c1-20-12-14-22(15-13-20)16-17-26(30)29(19-23-8-7-11-25(18-23)32-3)21(2)27(31)28-24-9-5-4-6-10-24/h7-8,11-15,18,21,24H,4-6,9-10,16-17,19H2,1-3H3,(H,28,31)/t21-/m1/s1. The first-order valence-corrected chi connectivity index (χ1v) is 11.7. The van der Waals surface area contributed by atoms with E-state index < -0.39 is 6.04 Å². The average molecular weight is 437 g/mol. The number of methoxy groups -OCH3 is 1. The van der Waals surface area contributed by atoms with Gasteiger partial charge >= 0.3 is 0 Å². The van der Waals surface area contributed by atoms with E-state index in [4.69, 9.17) is 4.74 Å². The highest BCUT2D eigenvalue weighted by Gasteiger charge is 2.28. The third-order valence-electron chi connectivity index (χ3n) is 6.35. The number of carbonyl (C=O) groups excluding carboxylic acids is 2. The minimum Gasteiger partial charge on any atom is -0.497 e. The SMILES string of the molecule is COc1cccc(CN(C(=O)CCc2ccc(C)cc2)[C@H](C)C(=O)NC2CCCCC2)c1. The van der Waals surface area contributed by atoms with Gasteiger partial charge in [0.1, 0.15) is 11.8 Å². The fraction of sp³-hybridized carbons (Fsp3) is 0.481. The molecule has 5 nitrogen and oxygen atoms in total. The molecular weight excluding hydrogens is 400 g/mol. The van der Waals surface area contributed by atoms with Gasteiger partial charge in [0.15, 0.2) is 0 Å². The minimum absolute atomic E-state index is 0.0142. The van der Waals surface area contributed by atoms with E-state index >= 15 is 0 Å². The average Bonchev–Trinajstić information content (AvgIpc) is 2.82. The molecule has 0 unspecified atom stereocenters. The summed E-state index contributed by atoms with van der Waals surface area (Å²) in [5.74, 6) is 0.664. The van der Waals surface area contributed by atoms with Crippen molar-refractivity contribution in [1.29, 1.82) is 0 Å². The van der Waals surface area contributed by atoms with Gasteiger partial charge in [-0.2, -0.15) is 0 Å². The van der Waals surface area contributed by atoms with Crippen molar-refractivity contribution in [3.05, 3.63) is 65.2 Å². The number of hydrogen-bond acceptors (Lipinski definition) is 3. The van der Waals surface area contributed by atoms with E-state index in [1.807, 2.05) is 31.2 Å². The number of benzene rings is 2. The normalized spacial score (nSPS) is 15.1. The molecule has 3 rings (SSSR count). The first-order valence-electron chi connectivity index (χ1n) is 11.7. The number of aryl methyl sites for hydroxylation is 2. The maximum Gasteiger partial charge on any atom is 0.242 e. The minimum atomic E-state index is -0.534. The highest BCUT2D eigenvalue weighted by atomic mass is 16.5. The van der Waals surface area contributed by atoms with Gasteiger partial charge in [0.05, 0.1) is 7.11 Å². The Morgan fingerprint density at radius 1 is 1.06 bits per heavy atom. The van der Waals surface area contributed by atoms with E-state index in [-0.39, 0.29) is 17.9 Å². The van der Waals surface area contributed by atoms with Crippen molar-refractivity contribution in [3.8, 4) is 5.75 Å². The largest absolute Gasteiger partial charge is 0.497 e. The molecule has 1 aliphatic rings. The second-order valence-electron chi connectivity index (χ2n) is 8.88. The van der Waals surface area contributed by atoms with Crippen molar-refractivity contribution in [2.24, 2.45) is 0 Å². The lowest BCUT2D eigenvalue weighted by Crippen LogP contribution is -2.50. The smallest absolute Gasteiger partial charge is 0.242 e. The topological polar surface area (TPSA) is 58.6 Å². The Balaban J connectivity index is 1.71. The van der Waals surface area contributed by atoms with Crippen LogP contribution in [0.4, 0.5) is 0 Å². The predicted octanol–water partition coefficient (Wildman–Crippen LogP) is 4.80. The first kappa shape index (κ1) is 23.8. The van der Waals surface area contributed by atoms with Crippen LogP contribution in [0.5, 0.6) is 5.75 Å². The molecule has 5 heteroatoms. The van der Waals surface area contributed by atoms with Gasteiger partial charge in [-0.15, -0.1) is 0 Å². The Labute approximate surface area is 192 Å². The van der Waals surface area contributed by atoms with E-state index in [0.29, 0.717) is 19.4 Å². The van der Waals surface area contributed by atoms with Crippen LogP contribution in [0.15, 0.2) is 48.5 Å². The molecule has 1 saturated carbocycles. The Morgan fingerprint density at radius 3 is 2.47 bits per heavy atom. The molecule has 0 saturated heterocycles. The molecule has 0 aromatic heterocycles. The van der Waals surface area contributed by atoms with Gasteiger partial charge < -0.3 is 15.0 Å². The molecule has 2 aromatic carbocycles. The molecule has 32 heavy (non-hydrogen) atoms. The third-order valence-corrected chi connectivity index (χ3v) is 6.35. The summed E-state index contributed by atoms with van der Waals surface area (Å²) in [7, 11) is 1.63. The zero-order valence-electron chi connectivity index (χ0n) is 19.6. The van der Waals surface area contributed by atoms with E-state index in [2.05, 4.69) is 36.5 Å². The number of ether oxygens (including phenoxy) is 1. The van der Waals surface area contributed by atoms with Gasteiger partial charge in [0, 0.05) is 19.0 Å². The lowest BCUT2D eigenvalue weighted by atomic mass is 9.95. The predicted molar refractivity (Wildman–Crippen MR) is 128 cm³/mol. The van der Waals surface area contributed by atoms with Gasteiger partial charge in [-0.05, 0) is 56.4 Å². The number of carbonyl (C=O) groups is 2. The molecule has 0 spiro atoms. The monoisotopic (exact) mass is 436 g/mol. The molecule has 1 fully saturated rings. The number of nitrogens with one attached hydrogen (secondary N) is 1. The molecule has 0 aliphatic heterocycles. The van der Waals surface area contributed by atoms with Gasteiger partial charge in [0.25, 0.3) is 0 Å². The fourth-order valence-corrected chi connectivity index (χ4v) is 4.27. The Morgan fingerprint density at radius 2 is 1.78 bits per heavy atom. The molecule has 172 valence electrons. The summed E-state index contributed by atoms with van der Waals surface area (Å²) in [6.07, 6.45) is 6.62. The summed E-state index contributed by atoms with van der Waals surface area (Å²) >= 11 is 0. The lowest BCUT2D eigenvalue weighted by molar-refractivity contribution is -0.141. The van der Waals surface area contributed by atoms with Crippen molar-refractivity contribution in [3.63, 3.8) is 0 Å². The molecule has 2 aromatic rings. The molecule has 0 bridgehead atoms. The van der Waals surface area contributed by atoms with E-state index in [1.54, 1.807) is 12.0 Å². The Hall–Kier alpha value is -2.82. The second kappa shape index (κ2) is 11.7. The summed E-state index contributed by atoms with van der Waals surface area (Å²) in [5.41, 5.74) is 3.28. The van der Waals surface area contributed by atoms with Crippen LogP contribution in [-0.4, -0.2) is 35.9 Å². The van der Waals surface area contributed by atoms with Crippen LogP contribution in [0, 0.1) is 6.92 Å². The maximum absolute atomic E-state index is 13.3. The van der Waals surface area contributed by atoms with Crippen LogP contribution >= 0.6 is 0 Å². The molecular formula is C27H36N2O3. The van der Waals surface area contributed by atoms with Crippen molar-refractivity contribution in [1.82, 2.24) is 10.2 Å². The van der Waals surface area contributed by atoms with E-state index in [9.17, 15) is 9.59 Å². The summed E-state index contributed by atoms with van der Waals surface area (Å²) in [6, 6.07) is 15.6. The number of rotatable bonds is 9. The highest BCUT2D eigenvalue weighted by molar-refractivity contribution is 5.87. The van der Waals surface area contributed by atoms with Crippen LogP contribution in [-0.2, 0) is 22.6 Å². The van der Waals surface area contributed by atoms with Crippen LogP contribution in [0.2, 0.25) is 0 Å². The summed E-state index contributed by atoms with van der Waals surface area (Å²) in [6.45, 7) is 4.27. The van der Waals surface area contributed by atoms with Gasteiger partial charge in [-0.3, -0.25) is 9.59 Å². The summed E-state index contributed by atoms with van der Waals surface area (Å²) < 4.78 is 5.34. The van der Waals surface area contributed by atoms with E-state index in [1.165, 1.54) is 12.0 Å². The third kappa shape index (κ3) is 6.84. The zero-order valence-corrected chi connectivity index (χ0v) is 19.6. The van der Waals surface area contributed by atoms with Crippen molar-refractivity contribution in [2.45, 2.75) is 77.4 Å². The van der Waals surface area contributed by atoms with Crippen LogP contribution < -0.4 is 10.1 Å². The molecule has 1 aliphatic carbocycles. The van der Waals surface area contributed by atoms with Gasteiger partial charge in [-0.1, -0.05) is 61.2 Å². The van der Waals surface area contributed by atoms with Crippen LogP contribution in [0.25, 0.3) is 0 Å². The maximum atomic E-state index is 13.3. The molecule has 0 radical (unpaired) electrons. The first-order chi connectivity index (χ1) is 15.5. The Kier molecular flexibility index (Phi) is 8.72. The number of nitrogens with zero attached hydrogens (tertiary/aromatic N) is 1. The highest BCUT2D eigenvalue weighted by Crippen LogP contribution is 2.20. The lowest BCUT2D eigenvalue weighted by Gasteiger charge is -2.31. The summed E-state index contributed by atoms with van der Waals surface area (Å²) in [5, 5.41) is 3.18. The number of amides is 2.